The van der Waals surface area contributed by atoms with Crippen LogP contribution in [0.4, 0.5) is 4.39 Å². The number of nitrogens with one attached hydrogen (secondary N) is 1. The number of benzene rings is 1. The van der Waals surface area contributed by atoms with E-state index in [-0.39, 0.29) is 24.6 Å². The number of carboxylic acid groups (broad SMARTS) is 1. The van der Waals surface area contributed by atoms with E-state index >= 15 is 0 Å². The zero-order chi connectivity index (χ0) is 17.9. The van der Waals surface area contributed by atoms with Crippen molar-refractivity contribution in [3.63, 3.8) is 0 Å². The smallest absolute Gasteiger partial charge is 0.305 e. The Morgan fingerprint density at radius 1 is 1.20 bits per heavy atom. The molecule has 0 aliphatic carbocycles. The average Bonchev–Trinajstić information content (AvgIpc) is 3.05. The molecule has 1 amide bonds. The molecule has 2 aromatic rings. The number of hydrogen-bond acceptors (Lipinski definition) is 4. The fraction of sp³-hybridized carbons (Fsp3) is 0.333. The van der Waals surface area contributed by atoms with Crippen LogP contribution in [-0.2, 0) is 9.53 Å². The first kappa shape index (κ1) is 17.2. The largest absolute Gasteiger partial charge is 0.481 e. The maximum atomic E-state index is 13.0. The second-order valence-electron chi connectivity index (χ2n) is 6.13. The van der Waals surface area contributed by atoms with Crippen molar-refractivity contribution < 1.29 is 28.2 Å². The summed E-state index contributed by atoms with van der Waals surface area (Å²) in [6.45, 7) is 0.698. The molecule has 1 aromatic carbocycles. The molecular weight excluding hydrogens is 329 g/mol. The Kier molecular flexibility index (Phi) is 4.85. The maximum Gasteiger partial charge on any atom is 0.305 e. The summed E-state index contributed by atoms with van der Waals surface area (Å²) < 4.78 is 23.9. The molecule has 7 heteroatoms. The van der Waals surface area contributed by atoms with Gasteiger partial charge in [0.1, 0.15) is 11.6 Å². The summed E-state index contributed by atoms with van der Waals surface area (Å²) >= 11 is 0. The molecule has 2 heterocycles. The van der Waals surface area contributed by atoms with Crippen molar-refractivity contribution in [2.24, 2.45) is 0 Å². The highest BCUT2D eigenvalue weighted by atomic mass is 19.1. The van der Waals surface area contributed by atoms with Crippen LogP contribution in [0.15, 0.2) is 40.8 Å². The van der Waals surface area contributed by atoms with Gasteiger partial charge in [0.05, 0.1) is 18.6 Å². The number of halogens is 1. The normalized spacial score (nSPS) is 20.2. The van der Waals surface area contributed by atoms with Crippen molar-refractivity contribution in [2.45, 2.75) is 24.8 Å². The molecule has 0 saturated carbocycles. The van der Waals surface area contributed by atoms with Gasteiger partial charge < -0.3 is 19.6 Å². The summed E-state index contributed by atoms with van der Waals surface area (Å²) in [5.74, 6) is -1.37. The molecule has 1 aliphatic heterocycles. The van der Waals surface area contributed by atoms with E-state index in [9.17, 15) is 14.0 Å². The number of rotatable bonds is 5. The number of carbonyl (C=O) groups is 2. The number of ether oxygens (including phenoxy) is 1. The molecule has 25 heavy (non-hydrogen) atoms. The summed E-state index contributed by atoms with van der Waals surface area (Å²) in [6, 6.07) is 8.83. The third kappa shape index (κ3) is 4.06. The van der Waals surface area contributed by atoms with Gasteiger partial charge in [-0.1, -0.05) is 0 Å². The number of hydrogen-bond donors (Lipinski definition) is 2. The Bertz CT molecular complexity index is 762. The SMILES string of the molecule is O=C(O)CC1(NC(=O)c2ccc(-c3ccc(F)cc3)o2)CCCOC1. The van der Waals surface area contributed by atoms with Gasteiger partial charge in [0, 0.05) is 12.2 Å². The molecule has 1 unspecified atom stereocenters. The first-order chi connectivity index (χ1) is 12.0. The predicted molar refractivity (Wildman–Crippen MR) is 86.6 cm³/mol. The molecule has 0 bridgehead atoms. The van der Waals surface area contributed by atoms with Gasteiger partial charge >= 0.3 is 5.97 Å². The minimum atomic E-state index is -1.00. The van der Waals surface area contributed by atoms with E-state index in [0.29, 0.717) is 30.8 Å². The Morgan fingerprint density at radius 2 is 1.96 bits per heavy atom. The van der Waals surface area contributed by atoms with Crippen LogP contribution < -0.4 is 5.32 Å². The first-order valence-electron chi connectivity index (χ1n) is 7.95. The second-order valence-corrected chi connectivity index (χ2v) is 6.13. The van der Waals surface area contributed by atoms with Crippen molar-refractivity contribution in [1.82, 2.24) is 5.32 Å². The first-order valence-corrected chi connectivity index (χ1v) is 7.95. The van der Waals surface area contributed by atoms with Crippen LogP contribution in [0, 0.1) is 5.82 Å². The predicted octanol–water partition coefficient (Wildman–Crippen LogP) is 2.84. The molecule has 3 rings (SSSR count). The highest BCUT2D eigenvalue weighted by molar-refractivity contribution is 5.93. The molecule has 1 aliphatic rings. The van der Waals surface area contributed by atoms with Crippen LogP contribution in [0.5, 0.6) is 0 Å². The molecule has 1 atom stereocenters. The quantitative estimate of drug-likeness (QED) is 0.868. The summed E-state index contributed by atoms with van der Waals surface area (Å²) in [6.07, 6.45) is 0.980. The Balaban J connectivity index is 1.76. The van der Waals surface area contributed by atoms with Crippen molar-refractivity contribution >= 4 is 11.9 Å². The van der Waals surface area contributed by atoms with Crippen molar-refractivity contribution in [2.75, 3.05) is 13.2 Å². The van der Waals surface area contributed by atoms with Crippen LogP contribution in [0.25, 0.3) is 11.3 Å². The molecule has 1 fully saturated rings. The number of carbonyl (C=O) groups excluding carboxylic acids is 1. The lowest BCUT2D eigenvalue weighted by molar-refractivity contribution is -0.140. The van der Waals surface area contributed by atoms with E-state index in [1.165, 1.54) is 18.2 Å². The average molecular weight is 347 g/mol. The molecule has 132 valence electrons. The van der Waals surface area contributed by atoms with Crippen LogP contribution in [0.3, 0.4) is 0 Å². The van der Waals surface area contributed by atoms with Crippen LogP contribution in [0.2, 0.25) is 0 Å². The van der Waals surface area contributed by atoms with Crippen LogP contribution in [-0.4, -0.2) is 35.7 Å². The third-order valence-corrected chi connectivity index (χ3v) is 4.15. The van der Waals surface area contributed by atoms with E-state index in [4.69, 9.17) is 14.3 Å². The molecular formula is C18H18FNO5. The van der Waals surface area contributed by atoms with Gasteiger partial charge in [-0.05, 0) is 49.2 Å². The van der Waals surface area contributed by atoms with E-state index in [0.717, 1.165) is 0 Å². The van der Waals surface area contributed by atoms with Gasteiger partial charge in [-0.3, -0.25) is 9.59 Å². The molecule has 1 aromatic heterocycles. The summed E-state index contributed by atoms with van der Waals surface area (Å²) in [5, 5.41) is 11.9. The van der Waals surface area contributed by atoms with Gasteiger partial charge in [0.25, 0.3) is 5.91 Å². The van der Waals surface area contributed by atoms with Crippen molar-refractivity contribution in [3.05, 3.63) is 48.0 Å². The molecule has 6 nitrogen and oxygen atoms in total. The number of carboxylic acids is 1. The number of amides is 1. The Labute approximate surface area is 143 Å². The Hall–Kier alpha value is -2.67. The minimum Gasteiger partial charge on any atom is -0.481 e. The van der Waals surface area contributed by atoms with Crippen molar-refractivity contribution in [3.8, 4) is 11.3 Å². The lowest BCUT2D eigenvalue weighted by atomic mass is 9.88. The zero-order valence-electron chi connectivity index (χ0n) is 13.5. The van der Waals surface area contributed by atoms with Crippen LogP contribution in [0.1, 0.15) is 29.8 Å². The van der Waals surface area contributed by atoms with E-state index < -0.39 is 17.4 Å². The van der Waals surface area contributed by atoms with E-state index in [1.54, 1.807) is 18.2 Å². The monoisotopic (exact) mass is 347 g/mol. The van der Waals surface area contributed by atoms with Gasteiger partial charge in [-0.2, -0.15) is 0 Å². The summed E-state index contributed by atoms with van der Waals surface area (Å²) in [7, 11) is 0. The fourth-order valence-electron chi connectivity index (χ4n) is 2.96. The standard InChI is InChI=1S/C18H18FNO5/c19-13-4-2-12(3-5-13)14-6-7-15(25-14)17(23)20-18(10-16(21)22)8-1-9-24-11-18/h2-7H,1,8-11H2,(H,20,23)(H,21,22). The third-order valence-electron chi connectivity index (χ3n) is 4.15. The van der Waals surface area contributed by atoms with Crippen molar-refractivity contribution in [1.29, 1.82) is 0 Å². The number of furan rings is 1. The molecule has 2 N–H and O–H groups in total. The van der Waals surface area contributed by atoms with E-state index in [1.807, 2.05) is 0 Å². The van der Waals surface area contributed by atoms with Gasteiger partial charge in [-0.25, -0.2) is 4.39 Å². The Morgan fingerprint density at radius 3 is 2.60 bits per heavy atom. The lowest BCUT2D eigenvalue weighted by Crippen LogP contribution is -2.55. The topological polar surface area (TPSA) is 88.8 Å². The summed E-state index contributed by atoms with van der Waals surface area (Å²) in [5.41, 5.74) is -0.300. The van der Waals surface area contributed by atoms with Gasteiger partial charge in [-0.15, -0.1) is 0 Å². The molecule has 0 spiro atoms. The summed E-state index contributed by atoms with van der Waals surface area (Å²) in [4.78, 5) is 23.6. The fourth-order valence-corrected chi connectivity index (χ4v) is 2.96. The lowest BCUT2D eigenvalue weighted by Gasteiger charge is -2.36. The maximum absolute atomic E-state index is 13.0. The minimum absolute atomic E-state index is 0.0645. The highest BCUT2D eigenvalue weighted by Crippen LogP contribution is 2.26. The zero-order valence-corrected chi connectivity index (χ0v) is 13.5. The van der Waals surface area contributed by atoms with Gasteiger partial charge in [0.2, 0.25) is 0 Å². The second kappa shape index (κ2) is 7.06. The van der Waals surface area contributed by atoms with Gasteiger partial charge in [0.15, 0.2) is 5.76 Å². The number of aliphatic carboxylic acids is 1. The molecule has 0 radical (unpaired) electrons. The van der Waals surface area contributed by atoms with Crippen LogP contribution >= 0.6 is 0 Å². The molecule has 1 saturated heterocycles. The highest BCUT2D eigenvalue weighted by Gasteiger charge is 2.37. The van der Waals surface area contributed by atoms with E-state index in [2.05, 4.69) is 5.32 Å².